The Balaban J connectivity index is 1.96. The number of carbonyl (C=O) groups is 1. The van der Waals surface area contributed by atoms with E-state index in [-0.39, 0.29) is 6.10 Å². The lowest BCUT2D eigenvalue weighted by Gasteiger charge is -2.44. The van der Waals surface area contributed by atoms with Crippen LogP contribution >= 0.6 is 0 Å². The summed E-state index contributed by atoms with van der Waals surface area (Å²) in [5, 5.41) is 10.2. The van der Waals surface area contributed by atoms with Crippen LogP contribution in [0.3, 0.4) is 0 Å². The van der Waals surface area contributed by atoms with Gasteiger partial charge >= 0.3 is 0 Å². The lowest BCUT2D eigenvalue weighted by molar-refractivity contribution is -0.122. The number of carbonyl (C=O) groups excluding carboxylic acids is 1. The highest BCUT2D eigenvalue weighted by atomic mass is 16.3. The van der Waals surface area contributed by atoms with E-state index in [1.807, 2.05) is 0 Å². The molecule has 4 atom stereocenters. The summed E-state index contributed by atoms with van der Waals surface area (Å²) in [7, 11) is 0. The molecule has 0 aromatic carbocycles. The smallest absolute Gasteiger partial charge is 0.133 e. The molecule has 88 valence electrons. The van der Waals surface area contributed by atoms with Gasteiger partial charge in [0.05, 0.1) is 6.10 Å². The van der Waals surface area contributed by atoms with Gasteiger partial charge in [-0.1, -0.05) is 11.6 Å². The lowest BCUT2D eigenvalue weighted by atomic mass is 9.62. The van der Waals surface area contributed by atoms with Crippen LogP contribution in [0.4, 0.5) is 0 Å². The maximum Gasteiger partial charge on any atom is 0.133 e. The monoisotopic (exact) mass is 220 g/mol. The molecule has 0 unspecified atom stereocenters. The van der Waals surface area contributed by atoms with Crippen LogP contribution in [0, 0.1) is 17.8 Å². The summed E-state index contributed by atoms with van der Waals surface area (Å²) in [4.78, 5) is 11.8. The normalized spacial score (nSPS) is 43.3. The van der Waals surface area contributed by atoms with E-state index in [0.29, 0.717) is 30.0 Å². The van der Waals surface area contributed by atoms with Crippen molar-refractivity contribution in [3.63, 3.8) is 0 Å². The van der Waals surface area contributed by atoms with Crippen LogP contribution in [0.5, 0.6) is 0 Å². The minimum absolute atomic E-state index is 0.182. The minimum atomic E-state index is -0.182. The maximum atomic E-state index is 11.8. The molecule has 2 heteroatoms. The Hall–Kier alpha value is -0.630. The lowest BCUT2D eigenvalue weighted by Crippen LogP contribution is -2.40. The Bertz CT molecular complexity index is 332. The van der Waals surface area contributed by atoms with E-state index in [1.54, 1.807) is 0 Å². The van der Waals surface area contributed by atoms with Crippen LogP contribution in [0.15, 0.2) is 11.6 Å². The largest absolute Gasteiger partial charge is 0.392 e. The first-order chi connectivity index (χ1) is 7.75. The van der Waals surface area contributed by atoms with E-state index in [2.05, 4.69) is 6.08 Å². The Morgan fingerprint density at radius 1 is 1.19 bits per heavy atom. The molecule has 0 aromatic heterocycles. The van der Waals surface area contributed by atoms with E-state index < -0.39 is 0 Å². The first kappa shape index (κ1) is 10.5. The van der Waals surface area contributed by atoms with Gasteiger partial charge in [0.1, 0.15) is 5.78 Å². The summed E-state index contributed by atoms with van der Waals surface area (Å²) in [6.07, 6.45) is 8.94. The van der Waals surface area contributed by atoms with Gasteiger partial charge in [-0.15, -0.1) is 0 Å². The maximum absolute atomic E-state index is 11.8. The van der Waals surface area contributed by atoms with E-state index >= 15 is 0 Å². The van der Waals surface area contributed by atoms with Gasteiger partial charge in [-0.05, 0) is 43.9 Å². The molecule has 0 aromatic rings. The van der Waals surface area contributed by atoms with Gasteiger partial charge in [-0.3, -0.25) is 4.79 Å². The van der Waals surface area contributed by atoms with Crippen LogP contribution < -0.4 is 0 Å². The highest BCUT2D eigenvalue weighted by molar-refractivity contribution is 5.79. The number of Topliss-reactive ketones (excluding diaryl/α,β-unsaturated/α-hetero) is 1. The highest BCUT2D eigenvalue weighted by Crippen LogP contribution is 2.47. The fourth-order valence-corrected chi connectivity index (χ4v) is 4.01. The predicted molar refractivity (Wildman–Crippen MR) is 61.9 cm³/mol. The zero-order chi connectivity index (χ0) is 11.1. The average Bonchev–Trinajstić information content (AvgIpc) is 2.28. The van der Waals surface area contributed by atoms with Gasteiger partial charge in [0.2, 0.25) is 0 Å². The number of hydrogen-bond donors (Lipinski definition) is 1. The van der Waals surface area contributed by atoms with Crippen molar-refractivity contribution in [1.82, 2.24) is 0 Å². The fourth-order valence-electron chi connectivity index (χ4n) is 4.01. The fraction of sp³-hybridized carbons (Fsp3) is 0.786. The van der Waals surface area contributed by atoms with Gasteiger partial charge in [0.25, 0.3) is 0 Å². The molecule has 3 rings (SSSR count). The zero-order valence-corrected chi connectivity index (χ0v) is 9.69. The molecule has 2 fully saturated rings. The van der Waals surface area contributed by atoms with E-state index in [1.165, 1.54) is 5.57 Å². The summed E-state index contributed by atoms with van der Waals surface area (Å²) < 4.78 is 0. The van der Waals surface area contributed by atoms with Crippen LogP contribution in [0.1, 0.15) is 44.9 Å². The van der Waals surface area contributed by atoms with Crippen molar-refractivity contribution in [2.45, 2.75) is 51.0 Å². The number of aliphatic hydroxyl groups is 1. The quantitative estimate of drug-likeness (QED) is 0.637. The molecule has 0 spiro atoms. The van der Waals surface area contributed by atoms with Gasteiger partial charge in [0, 0.05) is 18.8 Å². The van der Waals surface area contributed by atoms with Crippen molar-refractivity contribution in [2.75, 3.05) is 0 Å². The summed E-state index contributed by atoms with van der Waals surface area (Å²) in [6.45, 7) is 0. The SMILES string of the molecule is O=C1CC[C@@H]2CC[C@H](O)[C@H]3C2=CCC[C@@H]3C1. The summed E-state index contributed by atoms with van der Waals surface area (Å²) in [5.74, 6) is 1.78. The van der Waals surface area contributed by atoms with Crippen molar-refractivity contribution in [2.24, 2.45) is 17.8 Å². The molecule has 2 saturated carbocycles. The molecule has 16 heavy (non-hydrogen) atoms. The topological polar surface area (TPSA) is 37.3 Å². The standard InChI is InChI=1S/C14H20O2/c15-11-6-4-9-5-7-13(16)14-10(8-11)2-1-3-12(9)14/h3,9-10,13-14,16H,1-2,4-8H2/t9-,10-,13+,14-/m1/s1. The number of rotatable bonds is 0. The molecular formula is C14H20O2. The summed E-state index contributed by atoms with van der Waals surface area (Å²) >= 11 is 0. The van der Waals surface area contributed by atoms with Crippen molar-refractivity contribution in [3.8, 4) is 0 Å². The molecular weight excluding hydrogens is 200 g/mol. The second-order valence-corrected chi connectivity index (χ2v) is 5.69. The molecule has 2 nitrogen and oxygen atoms in total. The second kappa shape index (κ2) is 3.99. The molecule has 0 aliphatic heterocycles. The second-order valence-electron chi connectivity index (χ2n) is 5.69. The van der Waals surface area contributed by atoms with Crippen LogP contribution in [-0.4, -0.2) is 17.0 Å². The number of aliphatic hydroxyl groups excluding tert-OH is 1. The minimum Gasteiger partial charge on any atom is -0.392 e. The van der Waals surface area contributed by atoms with Gasteiger partial charge in [0.15, 0.2) is 0 Å². The van der Waals surface area contributed by atoms with Crippen molar-refractivity contribution in [3.05, 3.63) is 11.6 Å². The van der Waals surface area contributed by atoms with Crippen LogP contribution in [0.25, 0.3) is 0 Å². The van der Waals surface area contributed by atoms with Crippen molar-refractivity contribution in [1.29, 1.82) is 0 Å². The van der Waals surface area contributed by atoms with Crippen LogP contribution in [-0.2, 0) is 4.79 Å². The molecule has 3 aliphatic carbocycles. The van der Waals surface area contributed by atoms with Crippen molar-refractivity contribution < 1.29 is 9.90 Å². The number of hydrogen-bond acceptors (Lipinski definition) is 2. The number of ketones is 1. The molecule has 3 aliphatic rings. The molecule has 1 N–H and O–H groups in total. The molecule has 0 amide bonds. The Morgan fingerprint density at radius 2 is 2.06 bits per heavy atom. The van der Waals surface area contributed by atoms with E-state index in [9.17, 15) is 9.90 Å². The first-order valence-electron chi connectivity index (χ1n) is 6.65. The van der Waals surface area contributed by atoms with Gasteiger partial charge in [-0.2, -0.15) is 0 Å². The molecule has 0 saturated heterocycles. The summed E-state index contributed by atoms with van der Waals surface area (Å²) in [5.41, 5.74) is 1.50. The Kier molecular flexibility index (Phi) is 2.62. The van der Waals surface area contributed by atoms with E-state index in [4.69, 9.17) is 0 Å². The highest BCUT2D eigenvalue weighted by Gasteiger charge is 2.41. The van der Waals surface area contributed by atoms with Gasteiger partial charge < -0.3 is 5.11 Å². The van der Waals surface area contributed by atoms with E-state index in [0.717, 1.165) is 38.5 Å². The Labute approximate surface area is 96.7 Å². The van der Waals surface area contributed by atoms with Gasteiger partial charge in [-0.25, -0.2) is 0 Å². The molecule has 0 radical (unpaired) electrons. The molecule has 0 heterocycles. The predicted octanol–water partition coefficient (Wildman–Crippen LogP) is 2.46. The number of allylic oxidation sites excluding steroid dienone is 1. The molecule has 4 bridgehead atoms. The summed E-state index contributed by atoms with van der Waals surface area (Å²) in [6, 6.07) is 0. The average molecular weight is 220 g/mol. The third kappa shape index (κ3) is 1.64. The Morgan fingerprint density at radius 3 is 2.94 bits per heavy atom. The van der Waals surface area contributed by atoms with Crippen molar-refractivity contribution >= 4 is 5.78 Å². The zero-order valence-electron chi connectivity index (χ0n) is 9.69. The first-order valence-corrected chi connectivity index (χ1v) is 6.65. The van der Waals surface area contributed by atoms with Crippen LogP contribution in [0.2, 0.25) is 0 Å². The third-order valence-electron chi connectivity index (χ3n) is 4.77. The third-order valence-corrected chi connectivity index (χ3v) is 4.77.